The summed E-state index contributed by atoms with van der Waals surface area (Å²) in [4.78, 5) is 0. The molecule has 15 heavy (non-hydrogen) atoms. The Bertz CT molecular complexity index is 380. The van der Waals surface area contributed by atoms with Crippen LogP contribution in [0.15, 0.2) is 18.2 Å². The summed E-state index contributed by atoms with van der Waals surface area (Å²) in [6.07, 6.45) is -6.16. The van der Waals surface area contributed by atoms with Gasteiger partial charge in [0.05, 0.1) is 12.2 Å². The smallest absolute Gasteiger partial charge is 0.427 e. The predicted octanol–water partition coefficient (Wildman–Crippen LogP) is 3.08. The highest BCUT2D eigenvalue weighted by Crippen LogP contribution is 2.35. The second-order valence-corrected chi connectivity index (χ2v) is 3.61. The van der Waals surface area contributed by atoms with Crippen LogP contribution in [0, 0.1) is 0 Å². The van der Waals surface area contributed by atoms with E-state index in [9.17, 15) is 13.2 Å². The van der Waals surface area contributed by atoms with Crippen LogP contribution in [-0.2, 0) is 0 Å². The van der Waals surface area contributed by atoms with Crippen molar-refractivity contribution in [2.45, 2.75) is 12.3 Å². The SMILES string of the molecule is FC(F)(F)C1CNc2cc(Cl)ccc2O1. The molecule has 0 bridgehead atoms. The van der Waals surface area contributed by atoms with E-state index in [0.29, 0.717) is 10.7 Å². The van der Waals surface area contributed by atoms with E-state index in [4.69, 9.17) is 16.3 Å². The average molecular weight is 238 g/mol. The van der Waals surface area contributed by atoms with E-state index < -0.39 is 12.3 Å². The summed E-state index contributed by atoms with van der Waals surface area (Å²) in [7, 11) is 0. The van der Waals surface area contributed by atoms with Crippen LogP contribution in [-0.4, -0.2) is 18.8 Å². The summed E-state index contributed by atoms with van der Waals surface area (Å²) in [5.74, 6) is 0.174. The van der Waals surface area contributed by atoms with Gasteiger partial charge in [-0.25, -0.2) is 0 Å². The van der Waals surface area contributed by atoms with Crippen molar-refractivity contribution in [3.05, 3.63) is 23.2 Å². The third-order valence-electron chi connectivity index (χ3n) is 2.05. The molecule has 0 spiro atoms. The lowest BCUT2D eigenvalue weighted by Crippen LogP contribution is -2.42. The number of fused-ring (bicyclic) bond motifs is 1. The van der Waals surface area contributed by atoms with E-state index in [1.54, 1.807) is 0 Å². The molecule has 82 valence electrons. The first-order chi connectivity index (χ1) is 6.97. The molecular formula is C9H7ClF3NO. The van der Waals surface area contributed by atoms with E-state index in [-0.39, 0.29) is 12.3 Å². The maximum Gasteiger partial charge on any atom is 0.427 e. The van der Waals surface area contributed by atoms with Crippen molar-refractivity contribution in [1.82, 2.24) is 0 Å². The van der Waals surface area contributed by atoms with Crippen molar-refractivity contribution < 1.29 is 17.9 Å². The number of hydrogen-bond acceptors (Lipinski definition) is 2. The van der Waals surface area contributed by atoms with Crippen LogP contribution in [0.3, 0.4) is 0 Å². The standard InChI is InChI=1S/C9H7ClF3NO/c10-5-1-2-7-6(3-5)14-4-8(15-7)9(11,12)13/h1-3,8,14H,4H2. The molecule has 0 saturated carbocycles. The molecular weight excluding hydrogens is 231 g/mol. The number of anilines is 1. The van der Waals surface area contributed by atoms with Gasteiger partial charge in [-0.15, -0.1) is 0 Å². The molecule has 0 aliphatic carbocycles. The van der Waals surface area contributed by atoms with Gasteiger partial charge in [-0.05, 0) is 18.2 Å². The highest BCUT2D eigenvalue weighted by Gasteiger charge is 2.43. The predicted molar refractivity (Wildman–Crippen MR) is 50.4 cm³/mol. The Labute approximate surface area is 89.0 Å². The molecule has 0 amide bonds. The molecule has 2 nitrogen and oxygen atoms in total. The molecule has 1 aromatic rings. The molecule has 6 heteroatoms. The van der Waals surface area contributed by atoms with Crippen LogP contribution in [0.2, 0.25) is 5.02 Å². The molecule has 0 fully saturated rings. The molecule has 1 heterocycles. The van der Waals surface area contributed by atoms with Gasteiger partial charge in [-0.1, -0.05) is 11.6 Å². The molecule has 1 aliphatic rings. The van der Waals surface area contributed by atoms with Crippen molar-refractivity contribution in [3.8, 4) is 5.75 Å². The van der Waals surface area contributed by atoms with Gasteiger partial charge in [0.2, 0.25) is 6.10 Å². The number of rotatable bonds is 0. The van der Waals surface area contributed by atoms with Crippen LogP contribution in [0.25, 0.3) is 0 Å². The third kappa shape index (κ3) is 2.12. The van der Waals surface area contributed by atoms with Crippen LogP contribution in [0.4, 0.5) is 18.9 Å². The Balaban J connectivity index is 2.24. The normalized spacial score (nSPS) is 20.1. The number of hydrogen-bond donors (Lipinski definition) is 1. The lowest BCUT2D eigenvalue weighted by atomic mass is 10.2. The zero-order chi connectivity index (χ0) is 11.1. The number of halogens is 4. The Morgan fingerprint density at radius 1 is 1.40 bits per heavy atom. The zero-order valence-electron chi connectivity index (χ0n) is 7.44. The van der Waals surface area contributed by atoms with E-state index in [1.165, 1.54) is 18.2 Å². The molecule has 0 aromatic heterocycles. The number of ether oxygens (including phenoxy) is 1. The number of nitrogens with one attached hydrogen (secondary N) is 1. The summed E-state index contributed by atoms with van der Waals surface area (Å²) in [5, 5.41) is 3.08. The molecule has 1 atom stereocenters. The minimum absolute atomic E-state index is 0.174. The Morgan fingerprint density at radius 2 is 2.13 bits per heavy atom. The molecule has 0 radical (unpaired) electrons. The van der Waals surface area contributed by atoms with Gasteiger partial charge < -0.3 is 10.1 Å². The van der Waals surface area contributed by atoms with Crippen LogP contribution in [0.5, 0.6) is 5.75 Å². The lowest BCUT2D eigenvalue weighted by Gasteiger charge is -2.28. The minimum Gasteiger partial charge on any atom is -0.477 e. The highest BCUT2D eigenvalue weighted by molar-refractivity contribution is 6.30. The van der Waals surface area contributed by atoms with Gasteiger partial charge in [-0.3, -0.25) is 0 Å². The lowest BCUT2D eigenvalue weighted by molar-refractivity contribution is -0.191. The Morgan fingerprint density at radius 3 is 2.80 bits per heavy atom. The van der Waals surface area contributed by atoms with Crippen LogP contribution >= 0.6 is 11.6 Å². The molecule has 0 saturated heterocycles. The van der Waals surface area contributed by atoms with Crippen molar-refractivity contribution in [2.24, 2.45) is 0 Å². The van der Waals surface area contributed by atoms with Gasteiger partial charge >= 0.3 is 6.18 Å². The average Bonchev–Trinajstić information content (AvgIpc) is 2.15. The van der Waals surface area contributed by atoms with E-state index >= 15 is 0 Å². The van der Waals surface area contributed by atoms with E-state index in [1.807, 2.05) is 0 Å². The summed E-state index contributed by atoms with van der Waals surface area (Å²) >= 11 is 5.69. The third-order valence-corrected chi connectivity index (χ3v) is 2.29. The fourth-order valence-electron chi connectivity index (χ4n) is 1.32. The van der Waals surface area contributed by atoms with Crippen molar-refractivity contribution in [1.29, 1.82) is 0 Å². The quantitative estimate of drug-likeness (QED) is 0.749. The zero-order valence-corrected chi connectivity index (χ0v) is 8.19. The Hall–Kier alpha value is -1.10. The first-order valence-corrected chi connectivity index (χ1v) is 4.61. The van der Waals surface area contributed by atoms with E-state index in [2.05, 4.69) is 5.32 Å². The van der Waals surface area contributed by atoms with Crippen molar-refractivity contribution >= 4 is 17.3 Å². The highest BCUT2D eigenvalue weighted by atomic mass is 35.5. The van der Waals surface area contributed by atoms with E-state index in [0.717, 1.165) is 0 Å². The monoisotopic (exact) mass is 237 g/mol. The maximum absolute atomic E-state index is 12.3. The summed E-state index contributed by atoms with van der Waals surface area (Å²) in [5.41, 5.74) is 0.489. The van der Waals surface area contributed by atoms with Crippen LogP contribution < -0.4 is 10.1 Å². The van der Waals surface area contributed by atoms with Gasteiger partial charge in [0.15, 0.2) is 0 Å². The molecule has 1 aromatic carbocycles. The van der Waals surface area contributed by atoms with Crippen molar-refractivity contribution in [3.63, 3.8) is 0 Å². The topological polar surface area (TPSA) is 21.3 Å². The fourth-order valence-corrected chi connectivity index (χ4v) is 1.50. The second-order valence-electron chi connectivity index (χ2n) is 3.17. The molecule has 2 rings (SSSR count). The fraction of sp³-hybridized carbons (Fsp3) is 0.333. The maximum atomic E-state index is 12.3. The first kappa shape index (κ1) is 10.4. The summed E-state index contributed by atoms with van der Waals surface area (Å²) in [6, 6.07) is 4.44. The first-order valence-electron chi connectivity index (χ1n) is 4.23. The summed E-state index contributed by atoms with van der Waals surface area (Å²) in [6.45, 7) is -0.295. The molecule has 1 unspecified atom stereocenters. The van der Waals surface area contributed by atoms with Gasteiger partial charge in [0.1, 0.15) is 5.75 Å². The summed E-state index contributed by atoms with van der Waals surface area (Å²) < 4.78 is 41.8. The molecule has 1 aliphatic heterocycles. The minimum atomic E-state index is -4.36. The largest absolute Gasteiger partial charge is 0.477 e. The molecule has 1 N–H and O–H groups in total. The van der Waals surface area contributed by atoms with Gasteiger partial charge in [0.25, 0.3) is 0 Å². The van der Waals surface area contributed by atoms with Crippen LogP contribution in [0.1, 0.15) is 0 Å². The van der Waals surface area contributed by atoms with Crippen molar-refractivity contribution in [2.75, 3.05) is 11.9 Å². The number of benzene rings is 1. The second kappa shape index (κ2) is 3.48. The van der Waals surface area contributed by atoms with Gasteiger partial charge in [-0.2, -0.15) is 13.2 Å². The number of alkyl halides is 3. The Kier molecular flexibility index (Phi) is 2.42. The van der Waals surface area contributed by atoms with Gasteiger partial charge in [0, 0.05) is 5.02 Å².